The van der Waals surface area contributed by atoms with Crippen molar-refractivity contribution < 1.29 is 4.79 Å². The topological polar surface area (TPSA) is 71.8 Å². The molecule has 2 aromatic heterocycles. The van der Waals surface area contributed by atoms with Crippen molar-refractivity contribution in [2.45, 2.75) is 27.3 Å². The zero-order valence-electron chi connectivity index (χ0n) is 11.4. The second kappa shape index (κ2) is 5.40. The molecule has 0 saturated heterocycles. The van der Waals surface area contributed by atoms with Crippen LogP contribution in [0.5, 0.6) is 0 Å². The van der Waals surface area contributed by atoms with E-state index < -0.39 is 0 Å². The molecule has 2 aromatic rings. The molecule has 2 amide bonds. The molecule has 0 aromatic carbocycles. The van der Waals surface area contributed by atoms with Gasteiger partial charge in [0.2, 0.25) is 0 Å². The molecule has 2 N–H and O–H groups in total. The Kier molecular flexibility index (Phi) is 3.84. The fourth-order valence-corrected chi connectivity index (χ4v) is 2.53. The lowest BCUT2D eigenvalue weighted by Gasteiger charge is -2.04. The summed E-state index contributed by atoms with van der Waals surface area (Å²) in [6, 6.07) is -0.249. The number of hydrogen-bond donors (Lipinski definition) is 2. The summed E-state index contributed by atoms with van der Waals surface area (Å²) in [4.78, 5) is 17.3. The summed E-state index contributed by atoms with van der Waals surface area (Å²) in [6.45, 7) is 6.28. The molecule has 0 aliphatic rings. The predicted octanol–water partition coefficient (Wildman–Crippen LogP) is 2.12. The van der Waals surface area contributed by atoms with Gasteiger partial charge < -0.3 is 10.6 Å². The lowest BCUT2D eigenvalue weighted by atomic mass is 10.4. The number of nitrogens with zero attached hydrogens (tertiary/aromatic N) is 3. The fraction of sp³-hybridized carbons (Fsp3) is 0.417. The molecule has 19 heavy (non-hydrogen) atoms. The first-order valence-electron chi connectivity index (χ1n) is 5.93. The molecule has 2 rings (SSSR count). The summed E-state index contributed by atoms with van der Waals surface area (Å²) >= 11 is 1.60. The number of urea groups is 1. The van der Waals surface area contributed by atoms with Crippen LogP contribution in [-0.2, 0) is 13.6 Å². The van der Waals surface area contributed by atoms with E-state index in [-0.39, 0.29) is 6.03 Å². The maximum atomic E-state index is 11.8. The maximum Gasteiger partial charge on any atom is 0.319 e. The minimum atomic E-state index is -0.249. The Morgan fingerprint density at radius 3 is 2.63 bits per heavy atom. The van der Waals surface area contributed by atoms with Crippen molar-refractivity contribution in [2.75, 3.05) is 5.32 Å². The monoisotopic (exact) mass is 279 g/mol. The molecule has 6 nitrogen and oxygen atoms in total. The highest BCUT2D eigenvalue weighted by molar-refractivity contribution is 7.11. The highest BCUT2D eigenvalue weighted by atomic mass is 32.1. The van der Waals surface area contributed by atoms with Crippen molar-refractivity contribution in [1.82, 2.24) is 20.1 Å². The van der Waals surface area contributed by atoms with Crippen molar-refractivity contribution in [2.24, 2.45) is 7.05 Å². The highest BCUT2D eigenvalue weighted by Crippen LogP contribution is 2.16. The first kappa shape index (κ1) is 13.5. The Labute approximate surface area is 115 Å². The van der Waals surface area contributed by atoms with Crippen LogP contribution >= 0.6 is 11.3 Å². The summed E-state index contributed by atoms with van der Waals surface area (Å²) in [6.07, 6.45) is 1.77. The molecule has 0 radical (unpaired) electrons. The quantitative estimate of drug-likeness (QED) is 0.904. The third-order valence-corrected chi connectivity index (χ3v) is 3.81. The summed E-state index contributed by atoms with van der Waals surface area (Å²) in [7, 11) is 1.82. The van der Waals surface area contributed by atoms with Crippen LogP contribution in [0, 0.1) is 20.8 Å². The zero-order valence-corrected chi connectivity index (χ0v) is 12.3. The van der Waals surface area contributed by atoms with Crippen molar-refractivity contribution in [3.8, 4) is 0 Å². The van der Waals surface area contributed by atoms with E-state index in [1.54, 1.807) is 22.2 Å². The smallest absolute Gasteiger partial charge is 0.319 e. The van der Waals surface area contributed by atoms with Gasteiger partial charge in [-0.3, -0.25) is 4.68 Å². The number of nitrogens with one attached hydrogen (secondary N) is 2. The first-order chi connectivity index (χ1) is 8.95. The Hall–Kier alpha value is -1.89. The number of carbonyl (C=O) groups is 1. The number of thiazole rings is 1. The Balaban J connectivity index is 1.90. The van der Waals surface area contributed by atoms with Crippen LogP contribution in [-0.4, -0.2) is 20.8 Å². The first-order valence-corrected chi connectivity index (χ1v) is 6.75. The summed E-state index contributed by atoms with van der Waals surface area (Å²) in [5.74, 6) is 0. The molecule has 0 bridgehead atoms. The summed E-state index contributed by atoms with van der Waals surface area (Å²) in [5, 5.41) is 10.6. The molecular weight excluding hydrogens is 262 g/mol. The van der Waals surface area contributed by atoms with Gasteiger partial charge >= 0.3 is 6.03 Å². The summed E-state index contributed by atoms with van der Waals surface area (Å²) < 4.78 is 1.67. The molecule has 0 fully saturated rings. The van der Waals surface area contributed by atoms with Crippen LogP contribution in [0.4, 0.5) is 10.5 Å². The average Bonchev–Trinajstić information content (AvgIpc) is 2.80. The van der Waals surface area contributed by atoms with Gasteiger partial charge in [0.25, 0.3) is 0 Å². The molecule has 0 atom stereocenters. The van der Waals surface area contributed by atoms with Crippen molar-refractivity contribution in [1.29, 1.82) is 0 Å². The third kappa shape index (κ3) is 3.31. The van der Waals surface area contributed by atoms with E-state index in [2.05, 4.69) is 20.7 Å². The van der Waals surface area contributed by atoms with Gasteiger partial charge in [0.1, 0.15) is 5.01 Å². The number of amides is 2. The molecule has 102 valence electrons. The molecule has 7 heteroatoms. The van der Waals surface area contributed by atoms with Gasteiger partial charge in [0.15, 0.2) is 0 Å². The van der Waals surface area contributed by atoms with Crippen LogP contribution in [0.2, 0.25) is 0 Å². The third-order valence-electron chi connectivity index (χ3n) is 2.73. The second-order valence-corrected chi connectivity index (χ2v) is 5.65. The lowest BCUT2D eigenvalue weighted by Crippen LogP contribution is -2.28. The minimum Gasteiger partial charge on any atom is -0.331 e. The number of hydrogen-bond acceptors (Lipinski definition) is 4. The van der Waals surface area contributed by atoms with Crippen LogP contribution in [0.3, 0.4) is 0 Å². The second-order valence-electron chi connectivity index (χ2n) is 4.36. The molecular formula is C12H17N5OS. The van der Waals surface area contributed by atoms with Gasteiger partial charge in [-0.2, -0.15) is 5.10 Å². The molecule has 0 aliphatic carbocycles. The number of aryl methyl sites for hydroxylation is 4. The highest BCUT2D eigenvalue weighted by Gasteiger charge is 2.09. The molecule has 0 aliphatic heterocycles. The maximum absolute atomic E-state index is 11.8. The van der Waals surface area contributed by atoms with E-state index in [4.69, 9.17) is 0 Å². The lowest BCUT2D eigenvalue weighted by molar-refractivity contribution is 0.251. The molecule has 0 spiro atoms. The van der Waals surface area contributed by atoms with Gasteiger partial charge in [-0.15, -0.1) is 11.3 Å². The number of carbonyl (C=O) groups excluding carboxylic acids is 1. The van der Waals surface area contributed by atoms with Crippen molar-refractivity contribution in [3.63, 3.8) is 0 Å². The normalized spacial score (nSPS) is 10.5. The van der Waals surface area contributed by atoms with Crippen LogP contribution in [0.15, 0.2) is 6.20 Å². The zero-order chi connectivity index (χ0) is 14.0. The van der Waals surface area contributed by atoms with E-state index in [0.717, 1.165) is 16.4 Å². The van der Waals surface area contributed by atoms with E-state index in [0.29, 0.717) is 12.2 Å². The standard InChI is InChI=1S/C12H17N5OS/c1-7-9(3)19-11(14-7)5-13-12(18)15-10-6-17(4)16-8(10)2/h6H,5H2,1-4H3,(H2,13,15,18). The number of anilines is 1. The SMILES string of the molecule is Cc1nn(C)cc1NC(=O)NCc1nc(C)c(C)s1. The molecule has 0 unspecified atom stereocenters. The van der Waals surface area contributed by atoms with Gasteiger partial charge in [-0.25, -0.2) is 9.78 Å². The summed E-state index contributed by atoms with van der Waals surface area (Å²) in [5.41, 5.74) is 2.52. The van der Waals surface area contributed by atoms with Gasteiger partial charge in [-0.05, 0) is 20.8 Å². The van der Waals surface area contributed by atoms with Gasteiger partial charge in [0.05, 0.1) is 23.6 Å². The predicted molar refractivity (Wildman–Crippen MR) is 75.4 cm³/mol. The van der Waals surface area contributed by atoms with E-state index in [1.807, 2.05) is 27.8 Å². The van der Waals surface area contributed by atoms with Crippen LogP contribution < -0.4 is 10.6 Å². The van der Waals surface area contributed by atoms with E-state index in [9.17, 15) is 4.79 Å². The Bertz CT molecular complexity index is 582. The van der Waals surface area contributed by atoms with Crippen molar-refractivity contribution >= 4 is 23.1 Å². The fourth-order valence-electron chi connectivity index (χ4n) is 1.66. The molecule has 2 heterocycles. The number of rotatable bonds is 3. The van der Waals surface area contributed by atoms with Gasteiger partial charge in [-0.1, -0.05) is 0 Å². The van der Waals surface area contributed by atoms with Gasteiger partial charge in [0, 0.05) is 18.1 Å². The minimum absolute atomic E-state index is 0.249. The van der Waals surface area contributed by atoms with E-state index in [1.165, 1.54) is 4.88 Å². The Morgan fingerprint density at radius 2 is 2.11 bits per heavy atom. The largest absolute Gasteiger partial charge is 0.331 e. The van der Waals surface area contributed by atoms with Crippen molar-refractivity contribution in [3.05, 3.63) is 27.5 Å². The van der Waals surface area contributed by atoms with Crippen LogP contribution in [0.1, 0.15) is 21.3 Å². The van der Waals surface area contributed by atoms with Crippen LogP contribution in [0.25, 0.3) is 0 Å². The Morgan fingerprint density at radius 1 is 1.37 bits per heavy atom. The number of aromatic nitrogens is 3. The average molecular weight is 279 g/mol. The molecule has 0 saturated carbocycles. The van der Waals surface area contributed by atoms with E-state index >= 15 is 0 Å².